The van der Waals surface area contributed by atoms with Crippen LogP contribution in [0.1, 0.15) is 29.9 Å². The molecule has 156 valence electrons. The van der Waals surface area contributed by atoms with Crippen LogP contribution in [0.5, 0.6) is 5.75 Å². The van der Waals surface area contributed by atoms with Crippen LogP contribution in [0, 0.1) is 6.92 Å². The maximum atomic E-state index is 12.9. The third kappa shape index (κ3) is 4.24. The van der Waals surface area contributed by atoms with Crippen LogP contribution in [0.3, 0.4) is 0 Å². The number of morpholine rings is 1. The molecule has 4 rings (SSSR count). The monoisotopic (exact) mass is 405 g/mol. The Morgan fingerprint density at radius 3 is 2.47 bits per heavy atom. The van der Waals surface area contributed by atoms with Crippen molar-refractivity contribution in [2.24, 2.45) is 0 Å². The molecular formula is C24H27N3O3. The Kier molecular flexibility index (Phi) is 5.59. The van der Waals surface area contributed by atoms with Crippen molar-refractivity contribution in [1.82, 2.24) is 4.98 Å². The van der Waals surface area contributed by atoms with Crippen LogP contribution in [-0.4, -0.2) is 43.3 Å². The molecule has 0 bridgehead atoms. The van der Waals surface area contributed by atoms with Crippen molar-refractivity contribution < 1.29 is 14.3 Å². The molecule has 1 aromatic heterocycles. The zero-order chi connectivity index (χ0) is 21.3. The third-order valence-corrected chi connectivity index (χ3v) is 5.37. The van der Waals surface area contributed by atoms with Crippen LogP contribution >= 0.6 is 0 Å². The lowest BCUT2D eigenvalue weighted by atomic mass is 10.1. The highest BCUT2D eigenvalue weighted by molar-refractivity contribution is 6.06. The van der Waals surface area contributed by atoms with Gasteiger partial charge in [-0.1, -0.05) is 0 Å². The maximum Gasteiger partial charge on any atom is 0.257 e. The van der Waals surface area contributed by atoms with Gasteiger partial charge >= 0.3 is 0 Å². The van der Waals surface area contributed by atoms with Crippen LogP contribution in [-0.2, 0) is 4.74 Å². The van der Waals surface area contributed by atoms with E-state index < -0.39 is 0 Å². The Morgan fingerprint density at radius 2 is 1.80 bits per heavy atom. The van der Waals surface area contributed by atoms with E-state index >= 15 is 0 Å². The summed E-state index contributed by atoms with van der Waals surface area (Å²) >= 11 is 0. The zero-order valence-corrected chi connectivity index (χ0v) is 17.8. The minimum absolute atomic E-state index is 0.168. The standard InChI is InChI=1S/C24H27N3O3/c1-15-13-27(14-16(2)30-15)20-8-6-19(7-9-20)26-24(28)22-11-18-5-10-21(29-4)12-23(18)25-17(22)3/h5-12,15-16H,13-14H2,1-4H3,(H,26,28). The smallest absolute Gasteiger partial charge is 0.257 e. The summed E-state index contributed by atoms with van der Waals surface area (Å²) in [7, 11) is 1.63. The molecule has 0 radical (unpaired) electrons. The van der Waals surface area contributed by atoms with Crippen molar-refractivity contribution in [2.75, 3.05) is 30.4 Å². The molecule has 1 aliphatic heterocycles. The molecule has 0 aliphatic carbocycles. The summed E-state index contributed by atoms with van der Waals surface area (Å²) in [5, 5.41) is 3.89. The number of carbonyl (C=O) groups is 1. The van der Waals surface area contributed by atoms with Crippen molar-refractivity contribution in [2.45, 2.75) is 33.0 Å². The summed E-state index contributed by atoms with van der Waals surface area (Å²) in [6, 6.07) is 15.5. The fraction of sp³-hybridized carbons (Fsp3) is 0.333. The van der Waals surface area contributed by atoms with Gasteiger partial charge in [-0.05, 0) is 63.2 Å². The largest absolute Gasteiger partial charge is 0.497 e. The number of carbonyl (C=O) groups excluding carboxylic acids is 1. The van der Waals surface area contributed by atoms with Crippen LogP contribution in [0.4, 0.5) is 11.4 Å². The first-order valence-corrected chi connectivity index (χ1v) is 10.2. The summed E-state index contributed by atoms with van der Waals surface area (Å²) in [6.07, 6.45) is 0.410. The van der Waals surface area contributed by atoms with Gasteiger partial charge in [0.1, 0.15) is 5.75 Å². The summed E-state index contributed by atoms with van der Waals surface area (Å²) in [4.78, 5) is 19.8. The average Bonchev–Trinajstić information content (AvgIpc) is 2.72. The number of nitrogens with one attached hydrogen (secondary N) is 1. The number of aromatic nitrogens is 1. The molecule has 2 aromatic carbocycles. The second kappa shape index (κ2) is 8.32. The molecule has 2 heterocycles. The zero-order valence-electron chi connectivity index (χ0n) is 17.8. The lowest BCUT2D eigenvalue weighted by Crippen LogP contribution is -2.45. The highest BCUT2D eigenvalue weighted by Gasteiger charge is 2.22. The van der Waals surface area contributed by atoms with E-state index in [1.807, 2.05) is 55.5 Å². The Balaban J connectivity index is 1.50. The molecular weight excluding hydrogens is 378 g/mol. The number of hydrogen-bond donors (Lipinski definition) is 1. The van der Waals surface area contributed by atoms with Crippen molar-refractivity contribution >= 4 is 28.2 Å². The van der Waals surface area contributed by atoms with E-state index in [-0.39, 0.29) is 18.1 Å². The van der Waals surface area contributed by atoms with Gasteiger partial charge in [0.05, 0.1) is 36.1 Å². The molecule has 2 unspecified atom stereocenters. The maximum absolute atomic E-state index is 12.9. The van der Waals surface area contributed by atoms with Crippen molar-refractivity contribution in [3.63, 3.8) is 0 Å². The first-order valence-electron chi connectivity index (χ1n) is 10.2. The first kappa shape index (κ1) is 20.2. The molecule has 6 nitrogen and oxygen atoms in total. The van der Waals surface area contributed by atoms with Gasteiger partial charge in [-0.15, -0.1) is 0 Å². The van der Waals surface area contributed by atoms with Gasteiger partial charge in [0.2, 0.25) is 0 Å². The highest BCUT2D eigenvalue weighted by atomic mass is 16.5. The van der Waals surface area contributed by atoms with Gasteiger partial charge in [0, 0.05) is 35.9 Å². The predicted molar refractivity (Wildman–Crippen MR) is 120 cm³/mol. The van der Waals surface area contributed by atoms with Crippen LogP contribution in [0.2, 0.25) is 0 Å². The quantitative estimate of drug-likeness (QED) is 0.696. The predicted octanol–water partition coefficient (Wildman–Crippen LogP) is 4.42. The Bertz CT molecular complexity index is 1060. The van der Waals surface area contributed by atoms with E-state index in [0.29, 0.717) is 11.3 Å². The van der Waals surface area contributed by atoms with E-state index in [9.17, 15) is 4.79 Å². The number of ether oxygens (including phenoxy) is 2. The number of nitrogens with zero attached hydrogens (tertiary/aromatic N) is 2. The van der Waals surface area contributed by atoms with Crippen molar-refractivity contribution in [1.29, 1.82) is 0 Å². The number of methoxy groups -OCH3 is 1. The number of pyridine rings is 1. The van der Waals surface area contributed by atoms with Crippen LogP contribution in [0.25, 0.3) is 10.9 Å². The Morgan fingerprint density at radius 1 is 1.10 bits per heavy atom. The van der Waals surface area contributed by atoms with Gasteiger partial charge in [-0.2, -0.15) is 0 Å². The first-order chi connectivity index (χ1) is 14.4. The average molecular weight is 405 g/mol. The second-order valence-electron chi connectivity index (χ2n) is 7.84. The van der Waals surface area contributed by atoms with Crippen LogP contribution in [0.15, 0.2) is 48.5 Å². The molecule has 1 N–H and O–H groups in total. The van der Waals surface area contributed by atoms with E-state index in [1.54, 1.807) is 7.11 Å². The number of amides is 1. The minimum atomic E-state index is -0.168. The molecule has 1 amide bonds. The Hall–Kier alpha value is -3.12. The summed E-state index contributed by atoms with van der Waals surface area (Å²) in [5.41, 5.74) is 3.94. The second-order valence-corrected chi connectivity index (χ2v) is 7.84. The molecule has 6 heteroatoms. The molecule has 1 aliphatic rings. The van der Waals surface area contributed by atoms with Gasteiger partial charge in [0.15, 0.2) is 0 Å². The van der Waals surface area contributed by atoms with E-state index in [2.05, 4.69) is 29.0 Å². The van der Waals surface area contributed by atoms with Gasteiger partial charge in [-0.25, -0.2) is 0 Å². The van der Waals surface area contributed by atoms with Gasteiger partial charge < -0.3 is 19.7 Å². The van der Waals surface area contributed by atoms with Crippen LogP contribution < -0.4 is 15.0 Å². The number of hydrogen-bond acceptors (Lipinski definition) is 5. The molecule has 2 atom stereocenters. The molecule has 0 spiro atoms. The fourth-order valence-electron chi connectivity index (χ4n) is 3.94. The number of anilines is 2. The van der Waals surface area contributed by atoms with Crippen molar-refractivity contribution in [3.8, 4) is 5.75 Å². The summed E-state index contributed by atoms with van der Waals surface area (Å²) in [5.74, 6) is 0.579. The molecule has 0 saturated carbocycles. The minimum Gasteiger partial charge on any atom is -0.497 e. The lowest BCUT2D eigenvalue weighted by Gasteiger charge is -2.36. The number of rotatable bonds is 4. The summed E-state index contributed by atoms with van der Waals surface area (Å²) in [6.45, 7) is 7.75. The lowest BCUT2D eigenvalue weighted by molar-refractivity contribution is -0.00521. The molecule has 1 saturated heterocycles. The van der Waals surface area contributed by atoms with E-state index in [0.717, 1.165) is 41.1 Å². The Labute approximate surface area is 176 Å². The molecule has 30 heavy (non-hydrogen) atoms. The van der Waals surface area contributed by atoms with E-state index in [4.69, 9.17) is 9.47 Å². The molecule has 3 aromatic rings. The SMILES string of the molecule is COc1ccc2cc(C(=O)Nc3ccc(N4CC(C)OC(C)C4)cc3)c(C)nc2c1. The highest BCUT2D eigenvalue weighted by Crippen LogP contribution is 2.24. The van der Waals surface area contributed by atoms with Gasteiger partial charge in [0.25, 0.3) is 5.91 Å². The normalized spacial score (nSPS) is 19.0. The third-order valence-electron chi connectivity index (χ3n) is 5.37. The number of aryl methyl sites for hydroxylation is 1. The number of benzene rings is 2. The fourth-order valence-corrected chi connectivity index (χ4v) is 3.94. The van der Waals surface area contributed by atoms with Gasteiger partial charge in [-0.3, -0.25) is 9.78 Å². The summed E-state index contributed by atoms with van der Waals surface area (Å²) < 4.78 is 11.1. The topological polar surface area (TPSA) is 63.7 Å². The van der Waals surface area contributed by atoms with E-state index in [1.165, 1.54) is 0 Å². The molecule has 1 fully saturated rings. The number of fused-ring (bicyclic) bond motifs is 1. The van der Waals surface area contributed by atoms with Crippen molar-refractivity contribution in [3.05, 3.63) is 59.8 Å².